The molecule has 4 rings (SSSR count). The molecule has 4 nitrogen and oxygen atoms in total. The summed E-state index contributed by atoms with van der Waals surface area (Å²) in [5.74, 6) is 0.229. The maximum atomic E-state index is 13.4. The maximum absolute atomic E-state index is 13.4. The smallest absolute Gasteiger partial charge is 0.258 e. The fourth-order valence-electron chi connectivity index (χ4n) is 3.50. The monoisotopic (exact) mass is 425 g/mol. The zero-order valence-corrected chi connectivity index (χ0v) is 17.8. The number of aromatic nitrogens is 1. The van der Waals surface area contributed by atoms with Gasteiger partial charge in [-0.1, -0.05) is 60.7 Å². The molecule has 1 amide bonds. The van der Waals surface area contributed by atoms with Crippen molar-refractivity contribution in [3.8, 4) is 0 Å². The highest BCUT2D eigenvalue weighted by molar-refractivity contribution is 6.06. The van der Waals surface area contributed by atoms with E-state index in [1.54, 1.807) is 35.4 Å². The Labute approximate surface area is 187 Å². The molecule has 0 saturated carbocycles. The van der Waals surface area contributed by atoms with Crippen LogP contribution >= 0.6 is 0 Å². The number of carbonyl (C=O) groups is 1. The van der Waals surface area contributed by atoms with Crippen molar-refractivity contribution in [3.63, 3.8) is 0 Å². The number of hydrogen-bond acceptors (Lipinski definition) is 3. The number of rotatable bonds is 7. The summed E-state index contributed by atoms with van der Waals surface area (Å²) in [6, 6.07) is 29.1. The zero-order valence-electron chi connectivity index (χ0n) is 17.8. The van der Waals surface area contributed by atoms with Gasteiger partial charge in [-0.05, 0) is 48.4 Å². The molecule has 0 aliphatic rings. The first-order chi connectivity index (χ1) is 15.6. The first-order valence-electron chi connectivity index (χ1n) is 10.5. The lowest BCUT2D eigenvalue weighted by molar-refractivity contribution is 0.0985. The number of carbonyl (C=O) groups excluding carboxylic acids is 1. The van der Waals surface area contributed by atoms with Crippen molar-refractivity contribution in [2.75, 3.05) is 10.2 Å². The number of halogens is 1. The topological polar surface area (TPSA) is 45.2 Å². The van der Waals surface area contributed by atoms with Crippen molar-refractivity contribution in [2.45, 2.75) is 19.5 Å². The Morgan fingerprint density at radius 3 is 2.28 bits per heavy atom. The van der Waals surface area contributed by atoms with Gasteiger partial charge in [0.2, 0.25) is 0 Å². The number of hydrogen-bond donors (Lipinski definition) is 1. The highest BCUT2D eigenvalue weighted by Gasteiger charge is 2.19. The predicted octanol–water partition coefficient (Wildman–Crippen LogP) is 6.24. The van der Waals surface area contributed by atoms with Crippen LogP contribution in [0.4, 0.5) is 15.9 Å². The lowest BCUT2D eigenvalue weighted by Gasteiger charge is -2.24. The van der Waals surface area contributed by atoms with Gasteiger partial charge in [0.15, 0.2) is 0 Å². The van der Waals surface area contributed by atoms with E-state index in [9.17, 15) is 9.18 Å². The standard InChI is InChI=1S/C27H24FN3O/c1-20(22-8-4-2-5-9-22)30-26-18-25(16-17-29-26)31(19-21-12-14-24(28)15-13-21)27(32)23-10-6-3-7-11-23/h2-18,20H,19H2,1H3,(H,29,30)/t20-/m0/s1. The van der Waals surface area contributed by atoms with E-state index in [1.807, 2.05) is 48.5 Å². The summed E-state index contributed by atoms with van der Waals surface area (Å²) in [6.07, 6.45) is 1.69. The molecule has 0 saturated heterocycles. The summed E-state index contributed by atoms with van der Waals surface area (Å²) in [5, 5.41) is 3.40. The van der Waals surface area contributed by atoms with Crippen LogP contribution in [0.1, 0.15) is 34.5 Å². The molecule has 160 valence electrons. The molecular formula is C27H24FN3O. The maximum Gasteiger partial charge on any atom is 0.258 e. The Morgan fingerprint density at radius 2 is 1.59 bits per heavy atom. The van der Waals surface area contributed by atoms with Gasteiger partial charge >= 0.3 is 0 Å². The van der Waals surface area contributed by atoms with Crippen molar-refractivity contribution in [1.82, 2.24) is 4.98 Å². The zero-order chi connectivity index (χ0) is 22.3. The van der Waals surface area contributed by atoms with Gasteiger partial charge < -0.3 is 10.2 Å². The van der Waals surface area contributed by atoms with Crippen molar-refractivity contribution in [3.05, 3.63) is 126 Å². The summed E-state index contributed by atoms with van der Waals surface area (Å²) in [7, 11) is 0. The fourth-order valence-corrected chi connectivity index (χ4v) is 3.50. The third-order valence-corrected chi connectivity index (χ3v) is 5.24. The minimum absolute atomic E-state index is 0.0503. The van der Waals surface area contributed by atoms with Crippen LogP contribution in [0.3, 0.4) is 0 Å². The molecule has 0 unspecified atom stereocenters. The molecule has 4 aromatic rings. The molecule has 0 fully saturated rings. The minimum atomic E-state index is -0.306. The van der Waals surface area contributed by atoms with Gasteiger partial charge in [0.25, 0.3) is 5.91 Å². The number of anilines is 2. The summed E-state index contributed by atoms with van der Waals surface area (Å²) >= 11 is 0. The van der Waals surface area contributed by atoms with Gasteiger partial charge in [0.05, 0.1) is 6.54 Å². The summed E-state index contributed by atoms with van der Waals surface area (Å²) in [6.45, 7) is 2.38. The number of pyridine rings is 1. The summed E-state index contributed by atoms with van der Waals surface area (Å²) in [5.41, 5.74) is 3.27. The van der Waals surface area contributed by atoms with E-state index < -0.39 is 0 Å². The van der Waals surface area contributed by atoms with Gasteiger partial charge in [-0.25, -0.2) is 9.37 Å². The number of amides is 1. The van der Waals surface area contributed by atoms with Crippen LogP contribution in [0.15, 0.2) is 103 Å². The molecule has 0 aliphatic carbocycles. The molecule has 32 heavy (non-hydrogen) atoms. The molecule has 3 aromatic carbocycles. The summed E-state index contributed by atoms with van der Waals surface area (Å²) < 4.78 is 13.4. The lowest BCUT2D eigenvalue weighted by Crippen LogP contribution is -2.30. The van der Waals surface area contributed by atoms with E-state index in [0.29, 0.717) is 23.6 Å². The fraction of sp³-hybridized carbons (Fsp3) is 0.111. The second-order valence-corrected chi connectivity index (χ2v) is 7.56. The van der Waals surface area contributed by atoms with Gasteiger partial charge in [0, 0.05) is 29.6 Å². The van der Waals surface area contributed by atoms with Crippen molar-refractivity contribution in [2.24, 2.45) is 0 Å². The Kier molecular flexibility index (Phi) is 6.56. The van der Waals surface area contributed by atoms with E-state index in [0.717, 1.165) is 11.1 Å². The molecule has 5 heteroatoms. The van der Waals surface area contributed by atoms with E-state index in [1.165, 1.54) is 12.1 Å². The average molecular weight is 426 g/mol. The second kappa shape index (κ2) is 9.88. The van der Waals surface area contributed by atoms with Crippen molar-refractivity contribution < 1.29 is 9.18 Å². The molecule has 0 radical (unpaired) electrons. The Morgan fingerprint density at radius 1 is 0.938 bits per heavy atom. The first-order valence-corrected chi connectivity index (χ1v) is 10.5. The van der Waals surface area contributed by atoms with Crippen LogP contribution in [0, 0.1) is 5.82 Å². The molecular weight excluding hydrogens is 401 g/mol. The Hall–Kier alpha value is -3.99. The van der Waals surface area contributed by atoms with E-state index in [-0.39, 0.29) is 17.8 Å². The largest absolute Gasteiger partial charge is 0.363 e. The van der Waals surface area contributed by atoms with Crippen LogP contribution in [-0.2, 0) is 6.54 Å². The molecule has 1 heterocycles. The van der Waals surface area contributed by atoms with Gasteiger partial charge in [-0.3, -0.25) is 4.79 Å². The van der Waals surface area contributed by atoms with Gasteiger partial charge in [0.1, 0.15) is 11.6 Å². The van der Waals surface area contributed by atoms with E-state index >= 15 is 0 Å². The molecule has 0 spiro atoms. The van der Waals surface area contributed by atoms with Crippen LogP contribution in [0.2, 0.25) is 0 Å². The first kappa shape index (κ1) is 21.2. The molecule has 0 aliphatic heterocycles. The molecule has 1 aromatic heterocycles. The van der Waals surface area contributed by atoms with Crippen LogP contribution < -0.4 is 10.2 Å². The Bertz CT molecular complexity index is 1160. The average Bonchev–Trinajstić information content (AvgIpc) is 2.84. The number of benzene rings is 3. The van der Waals surface area contributed by atoms with E-state index in [2.05, 4.69) is 29.4 Å². The SMILES string of the molecule is C[C@H](Nc1cc(N(Cc2ccc(F)cc2)C(=O)c2ccccc2)ccn1)c1ccccc1. The summed E-state index contributed by atoms with van der Waals surface area (Å²) in [4.78, 5) is 19.5. The third kappa shape index (κ3) is 5.19. The molecule has 1 atom stereocenters. The Balaban J connectivity index is 1.63. The normalized spacial score (nSPS) is 11.6. The van der Waals surface area contributed by atoms with Crippen LogP contribution in [-0.4, -0.2) is 10.9 Å². The van der Waals surface area contributed by atoms with Gasteiger partial charge in [-0.2, -0.15) is 0 Å². The lowest BCUT2D eigenvalue weighted by atomic mass is 10.1. The number of nitrogens with one attached hydrogen (secondary N) is 1. The van der Waals surface area contributed by atoms with Crippen molar-refractivity contribution >= 4 is 17.4 Å². The van der Waals surface area contributed by atoms with Crippen molar-refractivity contribution in [1.29, 1.82) is 0 Å². The van der Waals surface area contributed by atoms with Crippen LogP contribution in [0.5, 0.6) is 0 Å². The highest BCUT2D eigenvalue weighted by Crippen LogP contribution is 2.25. The van der Waals surface area contributed by atoms with E-state index in [4.69, 9.17) is 0 Å². The number of nitrogens with zero attached hydrogens (tertiary/aromatic N) is 2. The molecule has 0 bridgehead atoms. The molecule has 1 N–H and O–H groups in total. The highest BCUT2D eigenvalue weighted by atomic mass is 19.1. The minimum Gasteiger partial charge on any atom is -0.363 e. The van der Waals surface area contributed by atoms with Crippen LogP contribution in [0.25, 0.3) is 0 Å². The quantitative estimate of drug-likeness (QED) is 0.381. The van der Waals surface area contributed by atoms with Gasteiger partial charge in [-0.15, -0.1) is 0 Å². The third-order valence-electron chi connectivity index (χ3n) is 5.24. The second-order valence-electron chi connectivity index (χ2n) is 7.56. The predicted molar refractivity (Wildman–Crippen MR) is 126 cm³/mol.